The van der Waals surface area contributed by atoms with Crippen molar-refractivity contribution in [3.8, 4) is 0 Å². The van der Waals surface area contributed by atoms with Crippen LogP contribution in [0, 0.1) is 0 Å². The molecule has 0 saturated heterocycles. The lowest BCUT2D eigenvalue weighted by Gasteiger charge is -2.54. The number of nitrogens with two attached hydrogens (primary N) is 4. The summed E-state index contributed by atoms with van der Waals surface area (Å²) >= 11 is 0. The molecule has 4 atom stereocenters. The van der Waals surface area contributed by atoms with E-state index in [0.717, 1.165) is 38.5 Å². The molecule has 0 saturated carbocycles. The zero-order valence-corrected chi connectivity index (χ0v) is 22.1. The molecule has 0 aliphatic heterocycles. The molecule has 194 valence electrons. The maximum absolute atomic E-state index is 11.8. The molecular formula is C24H54ClN5O2. The van der Waals surface area contributed by atoms with Crippen LogP contribution in [0.2, 0.25) is 0 Å². The van der Waals surface area contributed by atoms with Crippen molar-refractivity contribution in [2.24, 2.45) is 22.9 Å². The predicted molar refractivity (Wildman–Crippen MR) is 139 cm³/mol. The van der Waals surface area contributed by atoms with Crippen molar-refractivity contribution in [1.82, 2.24) is 4.90 Å². The Balaban J connectivity index is 0. The predicted octanol–water partition coefficient (Wildman–Crippen LogP) is 4.30. The molecule has 9 N–H and O–H groups in total. The van der Waals surface area contributed by atoms with E-state index in [0.29, 0.717) is 12.8 Å². The molecule has 0 fully saturated rings. The van der Waals surface area contributed by atoms with Gasteiger partial charge in [-0.15, -0.1) is 12.4 Å². The maximum atomic E-state index is 11.8. The number of aliphatic carboxylic acids is 1. The van der Waals surface area contributed by atoms with Gasteiger partial charge in [0.15, 0.2) is 0 Å². The average Bonchev–Trinajstić information content (AvgIpc) is 2.70. The van der Waals surface area contributed by atoms with Crippen molar-refractivity contribution >= 4 is 18.4 Å². The van der Waals surface area contributed by atoms with Gasteiger partial charge in [-0.25, -0.2) is 0 Å². The second-order valence-electron chi connectivity index (χ2n) is 9.58. The molecule has 4 unspecified atom stereocenters. The Kier molecular flexibility index (Phi) is 18.9. The molecule has 0 rings (SSSR count). The van der Waals surface area contributed by atoms with Crippen molar-refractivity contribution in [3.05, 3.63) is 0 Å². The van der Waals surface area contributed by atoms with Crippen LogP contribution in [-0.4, -0.2) is 45.9 Å². The fourth-order valence-electron chi connectivity index (χ4n) is 4.41. The fraction of sp³-hybridized carbons (Fsp3) is 0.958. The van der Waals surface area contributed by atoms with Crippen LogP contribution in [0.3, 0.4) is 0 Å². The average molecular weight is 480 g/mol. The summed E-state index contributed by atoms with van der Waals surface area (Å²) in [7, 11) is 0. The highest BCUT2D eigenvalue weighted by atomic mass is 35.5. The van der Waals surface area contributed by atoms with E-state index in [9.17, 15) is 9.90 Å². The van der Waals surface area contributed by atoms with Gasteiger partial charge in [0.05, 0.1) is 17.9 Å². The van der Waals surface area contributed by atoms with Crippen molar-refractivity contribution in [3.63, 3.8) is 0 Å². The largest absolute Gasteiger partial charge is 0.480 e. The number of rotatable bonds is 20. The normalized spacial score (nSPS) is 17.3. The van der Waals surface area contributed by atoms with Crippen LogP contribution in [0.1, 0.15) is 118 Å². The van der Waals surface area contributed by atoms with Crippen LogP contribution >= 0.6 is 12.4 Å². The Labute approximate surface area is 203 Å². The summed E-state index contributed by atoms with van der Waals surface area (Å²) in [6, 6.07) is -0.873. The number of carboxylic acids is 1. The molecule has 0 bridgehead atoms. The van der Waals surface area contributed by atoms with Gasteiger partial charge >= 0.3 is 5.97 Å². The highest BCUT2D eigenvalue weighted by Crippen LogP contribution is 2.31. The van der Waals surface area contributed by atoms with E-state index < -0.39 is 29.4 Å². The second kappa shape index (κ2) is 18.0. The third-order valence-corrected chi connectivity index (χ3v) is 6.74. The first kappa shape index (κ1) is 33.7. The lowest BCUT2D eigenvalue weighted by Crippen LogP contribution is -2.78. The molecule has 0 aromatic carbocycles. The van der Waals surface area contributed by atoms with E-state index in [-0.39, 0.29) is 19.0 Å². The first-order valence-corrected chi connectivity index (χ1v) is 12.6. The van der Waals surface area contributed by atoms with Crippen LogP contribution in [0.15, 0.2) is 0 Å². The molecule has 7 nitrogen and oxygen atoms in total. The van der Waals surface area contributed by atoms with Crippen LogP contribution in [0.4, 0.5) is 0 Å². The van der Waals surface area contributed by atoms with Crippen molar-refractivity contribution in [2.45, 2.75) is 141 Å². The zero-order valence-electron chi connectivity index (χ0n) is 21.3. The lowest BCUT2D eigenvalue weighted by atomic mass is 9.85. The number of hydrogen-bond donors (Lipinski definition) is 5. The van der Waals surface area contributed by atoms with E-state index in [2.05, 4.69) is 13.8 Å². The standard InChI is InChI=1S/C24H53N5O2.ClH/c1-5-7-9-11-13-15-17-23(27,20(3)25)29(19-22(30)31)24(28,21(4)26)18-16-14-12-10-8-6-2;/h20-21H,5-19,25-28H2,1-4H3,(H,30,31);1H. The number of carbonyl (C=O) groups is 1. The third-order valence-electron chi connectivity index (χ3n) is 6.74. The second-order valence-corrected chi connectivity index (χ2v) is 9.58. The van der Waals surface area contributed by atoms with Gasteiger partial charge in [-0.3, -0.25) is 9.69 Å². The van der Waals surface area contributed by atoms with E-state index in [1.54, 1.807) is 4.90 Å². The Morgan fingerprint density at radius 2 is 1.06 bits per heavy atom. The summed E-state index contributed by atoms with van der Waals surface area (Å²) in [6.45, 7) is 7.82. The Morgan fingerprint density at radius 3 is 1.34 bits per heavy atom. The monoisotopic (exact) mass is 479 g/mol. The Morgan fingerprint density at radius 1 is 0.750 bits per heavy atom. The van der Waals surface area contributed by atoms with Gasteiger partial charge in [0, 0.05) is 12.1 Å². The first-order chi connectivity index (χ1) is 14.6. The topological polar surface area (TPSA) is 145 Å². The minimum absolute atomic E-state index is 0. The van der Waals surface area contributed by atoms with E-state index in [4.69, 9.17) is 22.9 Å². The smallest absolute Gasteiger partial charge is 0.317 e. The lowest BCUT2D eigenvalue weighted by molar-refractivity contribution is -0.146. The van der Waals surface area contributed by atoms with Crippen molar-refractivity contribution < 1.29 is 9.90 Å². The quantitative estimate of drug-likeness (QED) is 0.129. The first-order valence-electron chi connectivity index (χ1n) is 12.6. The molecule has 0 amide bonds. The minimum Gasteiger partial charge on any atom is -0.480 e. The van der Waals surface area contributed by atoms with E-state index in [1.165, 1.54) is 38.5 Å². The van der Waals surface area contributed by atoms with E-state index in [1.807, 2.05) is 13.8 Å². The summed E-state index contributed by atoms with van der Waals surface area (Å²) in [6.07, 6.45) is 14.7. The third kappa shape index (κ3) is 11.6. The summed E-state index contributed by atoms with van der Waals surface area (Å²) < 4.78 is 0. The number of nitrogens with zero attached hydrogens (tertiary/aromatic N) is 1. The SMILES string of the molecule is CCCCCCCCC(N)(C(C)N)N(CC(=O)O)C(N)(CCCCCCCC)C(C)N.Cl. The van der Waals surface area contributed by atoms with Gasteiger partial charge in [0.2, 0.25) is 0 Å². The molecule has 0 radical (unpaired) electrons. The Bertz CT molecular complexity index is 447. The van der Waals surface area contributed by atoms with Gasteiger partial charge in [-0.2, -0.15) is 0 Å². The molecule has 0 heterocycles. The van der Waals surface area contributed by atoms with Crippen LogP contribution < -0.4 is 22.9 Å². The minimum atomic E-state index is -1.02. The molecule has 0 aromatic heterocycles. The van der Waals surface area contributed by atoms with Crippen LogP contribution in [-0.2, 0) is 4.79 Å². The van der Waals surface area contributed by atoms with Crippen molar-refractivity contribution in [1.29, 1.82) is 0 Å². The number of hydrogen-bond acceptors (Lipinski definition) is 6. The molecular weight excluding hydrogens is 426 g/mol. The number of unbranched alkanes of at least 4 members (excludes halogenated alkanes) is 10. The fourth-order valence-corrected chi connectivity index (χ4v) is 4.41. The summed E-state index contributed by atoms with van der Waals surface area (Å²) in [4.78, 5) is 13.5. The summed E-state index contributed by atoms with van der Waals surface area (Å²) in [5.41, 5.74) is 24.4. The number of halogens is 1. The highest BCUT2D eigenvalue weighted by Gasteiger charge is 2.48. The summed E-state index contributed by atoms with van der Waals surface area (Å²) in [5.74, 6) is -0.961. The molecule has 0 spiro atoms. The molecule has 0 aliphatic carbocycles. The van der Waals surface area contributed by atoms with Gasteiger partial charge in [0.25, 0.3) is 0 Å². The van der Waals surface area contributed by atoms with E-state index >= 15 is 0 Å². The van der Waals surface area contributed by atoms with Crippen molar-refractivity contribution in [2.75, 3.05) is 6.54 Å². The molecule has 32 heavy (non-hydrogen) atoms. The molecule has 0 aliphatic rings. The highest BCUT2D eigenvalue weighted by molar-refractivity contribution is 5.85. The van der Waals surface area contributed by atoms with Gasteiger partial charge in [-0.1, -0.05) is 90.9 Å². The number of carboxylic acid groups (broad SMARTS) is 1. The molecule has 8 heteroatoms. The zero-order chi connectivity index (χ0) is 23.9. The van der Waals surface area contributed by atoms with Gasteiger partial charge < -0.3 is 28.0 Å². The maximum Gasteiger partial charge on any atom is 0.317 e. The van der Waals surface area contributed by atoms with Gasteiger partial charge in [0.1, 0.15) is 0 Å². The van der Waals surface area contributed by atoms with Crippen LogP contribution in [0.25, 0.3) is 0 Å². The Hall–Kier alpha value is -0.440. The van der Waals surface area contributed by atoms with Crippen LogP contribution in [0.5, 0.6) is 0 Å². The van der Waals surface area contributed by atoms with Gasteiger partial charge in [-0.05, 0) is 26.7 Å². The summed E-state index contributed by atoms with van der Waals surface area (Å²) in [5, 5.41) is 9.68. The molecule has 0 aromatic rings.